The first-order valence-corrected chi connectivity index (χ1v) is 9.14. The maximum absolute atomic E-state index is 11.8. The van der Waals surface area contributed by atoms with Crippen LogP contribution in [-0.4, -0.2) is 45.6 Å². The van der Waals surface area contributed by atoms with Gasteiger partial charge in [-0.05, 0) is 53.8 Å². The van der Waals surface area contributed by atoms with Crippen molar-refractivity contribution in [3.05, 3.63) is 46.5 Å². The van der Waals surface area contributed by atoms with Crippen molar-refractivity contribution >= 4 is 17.6 Å². The van der Waals surface area contributed by atoms with Crippen LogP contribution in [-0.2, 0) is 6.42 Å². The highest BCUT2D eigenvalue weighted by Crippen LogP contribution is 2.47. The average molecular weight is 399 g/mol. The number of hydrogen-bond acceptors (Lipinski definition) is 6. The minimum Gasteiger partial charge on any atom is -0.496 e. The summed E-state index contributed by atoms with van der Waals surface area (Å²) in [6.45, 7) is 0. The molecular formula is C22H25NO6. The summed E-state index contributed by atoms with van der Waals surface area (Å²) in [6, 6.07) is 6.96. The molecule has 0 saturated heterocycles. The molecule has 2 aromatic rings. The fourth-order valence-electron chi connectivity index (χ4n) is 3.70. The highest BCUT2D eigenvalue weighted by Gasteiger charge is 2.29. The molecule has 3 N–H and O–H groups in total. The van der Waals surface area contributed by atoms with Gasteiger partial charge in [-0.3, -0.25) is 4.79 Å². The van der Waals surface area contributed by atoms with Crippen LogP contribution in [0.2, 0.25) is 0 Å². The summed E-state index contributed by atoms with van der Waals surface area (Å²) < 4.78 is 21.7. The molecule has 1 atom stereocenters. The first-order valence-electron chi connectivity index (χ1n) is 9.14. The lowest BCUT2D eigenvalue weighted by Crippen LogP contribution is -2.19. The van der Waals surface area contributed by atoms with Crippen molar-refractivity contribution in [3.8, 4) is 23.0 Å². The van der Waals surface area contributed by atoms with E-state index in [0.29, 0.717) is 41.4 Å². The molecule has 0 saturated carbocycles. The van der Waals surface area contributed by atoms with Gasteiger partial charge in [-0.2, -0.15) is 0 Å². The molecule has 3 rings (SSSR count). The molecule has 1 amide bonds. The molecular weight excluding hydrogens is 374 g/mol. The number of aliphatic hydroxyl groups excluding tert-OH is 1. The number of carbonyl (C=O) groups excluding carboxylic acids is 1. The number of carbonyl (C=O) groups is 1. The fraction of sp³-hybridized carbons (Fsp3) is 0.318. The first-order chi connectivity index (χ1) is 13.9. The molecule has 0 radical (unpaired) electrons. The summed E-state index contributed by atoms with van der Waals surface area (Å²) in [5.41, 5.74) is 8.91. The van der Waals surface area contributed by atoms with Gasteiger partial charge in [0, 0.05) is 5.56 Å². The van der Waals surface area contributed by atoms with E-state index < -0.39 is 12.0 Å². The Morgan fingerprint density at radius 3 is 2.31 bits per heavy atom. The summed E-state index contributed by atoms with van der Waals surface area (Å²) in [5, 5.41) is 10.7. The Kier molecular flexibility index (Phi) is 5.98. The van der Waals surface area contributed by atoms with E-state index in [0.717, 1.165) is 16.7 Å². The van der Waals surface area contributed by atoms with Gasteiger partial charge in [-0.1, -0.05) is 6.07 Å². The lowest BCUT2D eigenvalue weighted by atomic mass is 9.83. The second kappa shape index (κ2) is 8.45. The van der Waals surface area contributed by atoms with E-state index in [1.807, 2.05) is 12.1 Å². The van der Waals surface area contributed by atoms with E-state index in [1.165, 1.54) is 7.11 Å². The van der Waals surface area contributed by atoms with Crippen LogP contribution in [0.3, 0.4) is 0 Å². The van der Waals surface area contributed by atoms with E-state index in [4.69, 9.17) is 24.7 Å². The maximum atomic E-state index is 11.8. The Bertz CT molecular complexity index is 966. The largest absolute Gasteiger partial charge is 0.496 e. The highest BCUT2D eigenvalue weighted by molar-refractivity contribution is 5.97. The van der Waals surface area contributed by atoms with Crippen LogP contribution < -0.4 is 24.7 Å². The van der Waals surface area contributed by atoms with E-state index >= 15 is 0 Å². The average Bonchev–Trinajstić information content (AvgIpc) is 2.73. The van der Waals surface area contributed by atoms with Gasteiger partial charge in [-0.25, -0.2) is 0 Å². The normalized spacial score (nSPS) is 16.9. The lowest BCUT2D eigenvalue weighted by molar-refractivity contribution is 0.0997. The summed E-state index contributed by atoms with van der Waals surface area (Å²) in [7, 11) is 6.17. The topological polar surface area (TPSA) is 100 Å². The molecule has 154 valence electrons. The van der Waals surface area contributed by atoms with E-state index in [9.17, 15) is 9.90 Å². The Labute approximate surface area is 169 Å². The summed E-state index contributed by atoms with van der Waals surface area (Å²) >= 11 is 0. The Morgan fingerprint density at radius 1 is 1.03 bits per heavy atom. The number of methoxy groups -OCH3 is 4. The van der Waals surface area contributed by atoms with E-state index in [1.54, 1.807) is 39.5 Å². The highest BCUT2D eigenvalue weighted by atomic mass is 16.5. The number of amides is 1. The number of rotatable bonds is 6. The van der Waals surface area contributed by atoms with Gasteiger partial charge in [0.1, 0.15) is 5.75 Å². The zero-order valence-corrected chi connectivity index (χ0v) is 16.9. The molecule has 0 bridgehead atoms. The summed E-state index contributed by atoms with van der Waals surface area (Å²) in [6.07, 6.45) is 2.32. The molecule has 0 aromatic heterocycles. The minimum atomic E-state index is -0.676. The van der Waals surface area contributed by atoms with E-state index in [-0.39, 0.29) is 5.56 Å². The van der Waals surface area contributed by atoms with Crippen molar-refractivity contribution in [3.63, 3.8) is 0 Å². The minimum absolute atomic E-state index is 0.275. The molecule has 0 unspecified atom stereocenters. The molecule has 7 nitrogen and oxygen atoms in total. The van der Waals surface area contributed by atoms with Gasteiger partial charge < -0.3 is 29.8 Å². The zero-order valence-electron chi connectivity index (χ0n) is 16.9. The second-order valence-corrected chi connectivity index (χ2v) is 6.65. The Balaban J connectivity index is 2.20. The van der Waals surface area contributed by atoms with Gasteiger partial charge >= 0.3 is 0 Å². The van der Waals surface area contributed by atoms with Crippen LogP contribution in [0.1, 0.15) is 33.5 Å². The van der Waals surface area contributed by atoms with Crippen LogP contribution >= 0.6 is 0 Å². The van der Waals surface area contributed by atoms with Crippen LogP contribution in [0.4, 0.5) is 0 Å². The zero-order chi connectivity index (χ0) is 21.1. The number of nitrogens with two attached hydrogens (primary N) is 1. The molecule has 1 aliphatic carbocycles. The van der Waals surface area contributed by atoms with Crippen molar-refractivity contribution in [2.24, 2.45) is 5.73 Å². The fourth-order valence-corrected chi connectivity index (χ4v) is 3.70. The smallest absolute Gasteiger partial charge is 0.252 e. The van der Waals surface area contributed by atoms with Crippen molar-refractivity contribution in [2.75, 3.05) is 28.4 Å². The van der Waals surface area contributed by atoms with Crippen LogP contribution in [0.15, 0.2) is 24.3 Å². The first kappa shape index (κ1) is 20.5. The van der Waals surface area contributed by atoms with Crippen molar-refractivity contribution in [1.29, 1.82) is 0 Å². The van der Waals surface area contributed by atoms with Crippen molar-refractivity contribution < 1.29 is 28.8 Å². The van der Waals surface area contributed by atoms with Gasteiger partial charge in [0.05, 0.1) is 40.1 Å². The molecule has 0 heterocycles. The predicted octanol–water partition coefficient (Wildman–Crippen LogP) is 2.67. The van der Waals surface area contributed by atoms with Crippen molar-refractivity contribution in [2.45, 2.75) is 18.9 Å². The molecule has 0 spiro atoms. The maximum Gasteiger partial charge on any atom is 0.252 e. The molecule has 29 heavy (non-hydrogen) atoms. The predicted molar refractivity (Wildman–Crippen MR) is 110 cm³/mol. The number of ether oxygens (including phenoxy) is 4. The Hall–Kier alpha value is -3.19. The van der Waals surface area contributed by atoms with Gasteiger partial charge in [0.2, 0.25) is 5.75 Å². The van der Waals surface area contributed by atoms with Crippen LogP contribution in [0, 0.1) is 0 Å². The van der Waals surface area contributed by atoms with E-state index in [2.05, 4.69) is 0 Å². The second-order valence-electron chi connectivity index (χ2n) is 6.65. The molecule has 0 aliphatic heterocycles. The number of hydrogen-bond donors (Lipinski definition) is 2. The number of benzene rings is 2. The van der Waals surface area contributed by atoms with Gasteiger partial charge in [0.25, 0.3) is 5.91 Å². The third-order valence-corrected chi connectivity index (χ3v) is 5.08. The van der Waals surface area contributed by atoms with Crippen molar-refractivity contribution in [1.82, 2.24) is 0 Å². The standard InChI is InChI=1S/C22H25NO6/c1-26-18-8-5-12(10-16(18)22(23)25)9-15-14-11-19(27-2)21(29-4)20(28-3)13(14)6-7-17(15)24/h5,8-11,17,24H,6-7H2,1-4H3,(H2,23,25)/b15-9+/t17-/m1/s1. The molecule has 0 fully saturated rings. The molecule has 1 aliphatic rings. The van der Waals surface area contributed by atoms with Crippen LogP contribution in [0.25, 0.3) is 11.6 Å². The number of fused-ring (bicyclic) bond motifs is 1. The molecule has 7 heteroatoms. The summed E-state index contributed by atoms with van der Waals surface area (Å²) in [4.78, 5) is 11.8. The van der Waals surface area contributed by atoms with Gasteiger partial charge in [0.15, 0.2) is 11.5 Å². The SMILES string of the molecule is COc1ccc(/C=C2\c3cc(OC)c(OC)c(OC)c3CC[C@H]2O)cc1C(N)=O. The number of primary amides is 1. The third kappa shape index (κ3) is 3.73. The third-order valence-electron chi connectivity index (χ3n) is 5.08. The monoisotopic (exact) mass is 399 g/mol. The lowest BCUT2D eigenvalue weighted by Gasteiger charge is -2.28. The Morgan fingerprint density at radius 2 is 1.72 bits per heavy atom. The van der Waals surface area contributed by atoms with Crippen LogP contribution in [0.5, 0.6) is 23.0 Å². The van der Waals surface area contributed by atoms with Gasteiger partial charge in [-0.15, -0.1) is 0 Å². The molecule has 2 aromatic carbocycles. The quantitative estimate of drug-likeness (QED) is 0.775. The number of aliphatic hydroxyl groups is 1. The summed E-state index contributed by atoms with van der Waals surface area (Å²) in [5.74, 6) is 1.44.